The van der Waals surface area contributed by atoms with Crippen molar-refractivity contribution in [2.24, 2.45) is 4.99 Å². The van der Waals surface area contributed by atoms with E-state index in [4.69, 9.17) is 0 Å². The molecule has 1 aromatic rings. The van der Waals surface area contributed by atoms with Gasteiger partial charge in [0.05, 0.1) is 6.54 Å². The van der Waals surface area contributed by atoms with Gasteiger partial charge in [-0.1, -0.05) is 30.0 Å². The van der Waals surface area contributed by atoms with Crippen LogP contribution in [0.2, 0.25) is 0 Å². The van der Waals surface area contributed by atoms with E-state index in [2.05, 4.69) is 39.5 Å². The summed E-state index contributed by atoms with van der Waals surface area (Å²) in [5, 5.41) is 4.51. The first-order valence-corrected chi connectivity index (χ1v) is 8.15. The molecule has 1 N–H and O–H groups in total. The van der Waals surface area contributed by atoms with Crippen LogP contribution in [0.15, 0.2) is 29.3 Å². The summed E-state index contributed by atoms with van der Waals surface area (Å²) in [6, 6.07) is 8.42. The number of para-hydroxylation sites is 1. The lowest BCUT2D eigenvalue weighted by Crippen LogP contribution is -2.21. The van der Waals surface area contributed by atoms with Gasteiger partial charge in [-0.3, -0.25) is 4.99 Å². The maximum Gasteiger partial charge on any atom is 0.161 e. The zero-order chi connectivity index (χ0) is 12.9. The second-order valence-electron chi connectivity index (χ2n) is 5.15. The van der Waals surface area contributed by atoms with Crippen LogP contribution >= 0.6 is 11.8 Å². The maximum absolute atomic E-state index is 4.60. The SMILES string of the molecule is c1ccc2c(c1)CN=C(SCCCN1CCCC1)N2. The van der Waals surface area contributed by atoms with E-state index in [1.54, 1.807) is 0 Å². The largest absolute Gasteiger partial charge is 0.335 e. The quantitative estimate of drug-likeness (QED) is 0.855. The van der Waals surface area contributed by atoms with Crippen molar-refractivity contribution in [3.63, 3.8) is 0 Å². The zero-order valence-corrected chi connectivity index (χ0v) is 12.1. The number of anilines is 1. The Hall–Kier alpha value is -1.00. The lowest BCUT2D eigenvalue weighted by Gasteiger charge is -2.18. The van der Waals surface area contributed by atoms with Crippen molar-refractivity contribution in [3.8, 4) is 0 Å². The summed E-state index contributed by atoms with van der Waals surface area (Å²) in [4.78, 5) is 7.17. The van der Waals surface area contributed by atoms with Gasteiger partial charge in [-0.2, -0.15) is 0 Å². The van der Waals surface area contributed by atoms with Gasteiger partial charge in [0.1, 0.15) is 0 Å². The third kappa shape index (κ3) is 3.51. The molecule has 0 bridgehead atoms. The minimum Gasteiger partial charge on any atom is -0.335 e. The van der Waals surface area contributed by atoms with Gasteiger partial charge in [-0.05, 0) is 50.5 Å². The average Bonchev–Trinajstić information content (AvgIpc) is 2.97. The number of thioether (sulfide) groups is 1. The number of likely N-dealkylation sites (tertiary alicyclic amines) is 1. The monoisotopic (exact) mass is 275 g/mol. The van der Waals surface area contributed by atoms with E-state index in [0.717, 1.165) is 17.5 Å². The molecule has 3 nitrogen and oxygen atoms in total. The Bertz CT molecular complexity index is 452. The van der Waals surface area contributed by atoms with Crippen molar-refractivity contribution >= 4 is 22.6 Å². The Morgan fingerprint density at radius 2 is 2.05 bits per heavy atom. The molecule has 2 aliphatic rings. The molecule has 0 spiro atoms. The highest BCUT2D eigenvalue weighted by Crippen LogP contribution is 2.23. The molecule has 0 amide bonds. The molecular weight excluding hydrogens is 254 g/mol. The van der Waals surface area contributed by atoms with Gasteiger partial charge in [0.15, 0.2) is 5.17 Å². The standard InChI is InChI=1S/C15H21N3S/c1-2-7-14-13(6-1)12-16-15(17-14)19-11-5-10-18-8-3-4-9-18/h1-2,6-7H,3-5,8-12H2,(H,16,17). The Balaban J connectivity index is 1.40. The van der Waals surface area contributed by atoms with Gasteiger partial charge in [0, 0.05) is 11.4 Å². The Kier molecular flexibility index (Phi) is 4.41. The van der Waals surface area contributed by atoms with Crippen molar-refractivity contribution < 1.29 is 0 Å². The molecular formula is C15H21N3S. The highest BCUT2D eigenvalue weighted by molar-refractivity contribution is 8.14. The number of aliphatic imine (C=N–C) groups is 1. The van der Waals surface area contributed by atoms with Crippen LogP contribution in [0, 0.1) is 0 Å². The van der Waals surface area contributed by atoms with Gasteiger partial charge >= 0.3 is 0 Å². The topological polar surface area (TPSA) is 27.6 Å². The fraction of sp³-hybridized carbons (Fsp3) is 0.533. The molecule has 0 saturated carbocycles. The van der Waals surface area contributed by atoms with Crippen LogP contribution in [-0.4, -0.2) is 35.5 Å². The Morgan fingerprint density at radius 1 is 1.21 bits per heavy atom. The smallest absolute Gasteiger partial charge is 0.161 e. The molecule has 0 radical (unpaired) electrons. The van der Waals surface area contributed by atoms with Gasteiger partial charge in [0.2, 0.25) is 0 Å². The van der Waals surface area contributed by atoms with Gasteiger partial charge in [-0.25, -0.2) is 0 Å². The Morgan fingerprint density at radius 3 is 2.95 bits per heavy atom. The average molecular weight is 275 g/mol. The summed E-state index contributed by atoms with van der Waals surface area (Å²) in [5.74, 6) is 1.16. The molecule has 4 heteroatoms. The van der Waals surface area contributed by atoms with E-state index < -0.39 is 0 Å². The van der Waals surface area contributed by atoms with Crippen molar-refractivity contribution in [1.82, 2.24) is 4.90 Å². The number of fused-ring (bicyclic) bond motifs is 1. The molecule has 0 unspecified atom stereocenters. The van der Waals surface area contributed by atoms with E-state index in [9.17, 15) is 0 Å². The van der Waals surface area contributed by atoms with Crippen molar-refractivity contribution in [1.29, 1.82) is 0 Å². The van der Waals surface area contributed by atoms with E-state index in [1.165, 1.54) is 50.1 Å². The van der Waals surface area contributed by atoms with E-state index in [0.29, 0.717) is 0 Å². The number of benzene rings is 1. The lowest BCUT2D eigenvalue weighted by atomic mass is 10.1. The first kappa shape index (κ1) is 13.0. The molecule has 1 aromatic carbocycles. The molecule has 2 heterocycles. The molecule has 3 rings (SSSR count). The summed E-state index contributed by atoms with van der Waals surface area (Å²) in [5.41, 5.74) is 2.52. The van der Waals surface area contributed by atoms with Gasteiger partial charge in [-0.15, -0.1) is 0 Å². The number of nitrogens with zero attached hydrogens (tertiary/aromatic N) is 2. The van der Waals surface area contributed by atoms with Gasteiger partial charge in [0.25, 0.3) is 0 Å². The van der Waals surface area contributed by atoms with E-state index >= 15 is 0 Å². The summed E-state index contributed by atoms with van der Waals surface area (Å²) < 4.78 is 0. The van der Waals surface area contributed by atoms with Crippen LogP contribution in [0.1, 0.15) is 24.8 Å². The predicted molar refractivity (Wildman–Crippen MR) is 84.0 cm³/mol. The predicted octanol–water partition coefficient (Wildman–Crippen LogP) is 3.19. The van der Waals surface area contributed by atoms with Crippen LogP contribution in [0.5, 0.6) is 0 Å². The third-order valence-electron chi connectivity index (χ3n) is 3.71. The first-order valence-electron chi connectivity index (χ1n) is 7.16. The second-order valence-corrected chi connectivity index (χ2v) is 6.24. The second kappa shape index (κ2) is 6.44. The van der Waals surface area contributed by atoms with Gasteiger partial charge < -0.3 is 10.2 Å². The van der Waals surface area contributed by atoms with Crippen LogP contribution in [0.4, 0.5) is 5.69 Å². The minimum atomic E-state index is 0.817. The number of rotatable bonds is 4. The fourth-order valence-electron chi connectivity index (χ4n) is 2.64. The fourth-order valence-corrected chi connectivity index (χ4v) is 3.44. The van der Waals surface area contributed by atoms with E-state index in [-0.39, 0.29) is 0 Å². The number of nitrogens with one attached hydrogen (secondary N) is 1. The summed E-state index contributed by atoms with van der Waals surface area (Å²) in [7, 11) is 0. The van der Waals surface area contributed by atoms with E-state index in [1.807, 2.05) is 11.8 Å². The van der Waals surface area contributed by atoms with Crippen molar-refractivity contribution in [2.45, 2.75) is 25.8 Å². The summed E-state index contributed by atoms with van der Waals surface area (Å²) >= 11 is 1.86. The number of amidine groups is 1. The molecule has 2 aliphatic heterocycles. The van der Waals surface area contributed by atoms with Crippen LogP contribution in [-0.2, 0) is 6.54 Å². The van der Waals surface area contributed by atoms with Crippen molar-refractivity contribution in [3.05, 3.63) is 29.8 Å². The molecule has 1 saturated heterocycles. The van der Waals surface area contributed by atoms with Crippen molar-refractivity contribution in [2.75, 3.05) is 30.7 Å². The third-order valence-corrected chi connectivity index (χ3v) is 4.71. The van der Waals surface area contributed by atoms with Crippen LogP contribution in [0.3, 0.4) is 0 Å². The summed E-state index contributed by atoms with van der Waals surface area (Å²) in [6.45, 7) is 4.67. The van der Waals surface area contributed by atoms with Crippen LogP contribution < -0.4 is 5.32 Å². The normalized spacial score (nSPS) is 18.8. The number of hydrogen-bond acceptors (Lipinski definition) is 4. The minimum absolute atomic E-state index is 0.817. The summed E-state index contributed by atoms with van der Waals surface area (Å²) in [6.07, 6.45) is 4.03. The zero-order valence-electron chi connectivity index (χ0n) is 11.3. The maximum atomic E-state index is 4.60. The number of hydrogen-bond donors (Lipinski definition) is 1. The highest BCUT2D eigenvalue weighted by Gasteiger charge is 2.12. The van der Waals surface area contributed by atoms with Crippen LogP contribution in [0.25, 0.3) is 0 Å². The first-order chi connectivity index (χ1) is 9.42. The molecule has 102 valence electrons. The molecule has 19 heavy (non-hydrogen) atoms. The lowest BCUT2D eigenvalue weighted by molar-refractivity contribution is 0.341. The highest BCUT2D eigenvalue weighted by atomic mass is 32.2. The molecule has 0 aromatic heterocycles. The Labute approximate surface area is 119 Å². The molecule has 1 fully saturated rings. The molecule has 0 aliphatic carbocycles. The molecule has 0 atom stereocenters.